The minimum atomic E-state index is -3.49. The maximum absolute atomic E-state index is 13.2. The minimum Gasteiger partial charge on any atom is -0.497 e. The molecule has 0 aliphatic carbocycles. The highest BCUT2D eigenvalue weighted by molar-refractivity contribution is 7.89. The lowest BCUT2D eigenvalue weighted by Crippen LogP contribution is -2.38. The number of aryl methyl sites for hydroxylation is 2. The van der Waals surface area contributed by atoms with Crippen molar-refractivity contribution in [1.82, 2.24) is 9.29 Å². The SMILES string of the molecule is COc1ccc(S(=O)(=O)N2CCC(c3c(C)[nH]c4ccccc34)CC2)c(C)c1. The van der Waals surface area contributed by atoms with Crippen molar-refractivity contribution in [2.45, 2.75) is 37.5 Å². The predicted octanol–water partition coefficient (Wildman–Crippen LogP) is 4.36. The highest BCUT2D eigenvalue weighted by Gasteiger charge is 2.32. The second-order valence-electron chi connectivity index (χ2n) is 7.52. The summed E-state index contributed by atoms with van der Waals surface area (Å²) in [5.74, 6) is 1.05. The molecule has 6 heteroatoms. The molecule has 0 amide bonds. The zero-order valence-electron chi connectivity index (χ0n) is 16.5. The van der Waals surface area contributed by atoms with E-state index in [9.17, 15) is 8.42 Å². The lowest BCUT2D eigenvalue weighted by molar-refractivity contribution is 0.319. The summed E-state index contributed by atoms with van der Waals surface area (Å²) in [6.07, 6.45) is 1.66. The van der Waals surface area contributed by atoms with Crippen LogP contribution in [-0.2, 0) is 10.0 Å². The Kier molecular flexibility index (Phi) is 4.93. The number of ether oxygens (including phenoxy) is 1. The molecule has 0 bridgehead atoms. The molecule has 0 radical (unpaired) electrons. The smallest absolute Gasteiger partial charge is 0.243 e. The third-order valence-corrected chi connectivity index (χ3v) is 7.86. The van der Waals surface area contributed by atoms with Crippen LogP contribution in [0.25, 0.3) is 10.9 Å². The Hall–Kier alpha value is -2.31. The number of sulfonamides is 1. The number of nitrogens with one attached hydrogen (secondary N) is 1. The van der Waals surface area contributed by atoms with E-state index in [1.165, 1.54) is 16.6 Å². The van der Waals surface area contributed by atoms with E-state index < -0.39 is 10.0 Å². The fourth-order valence-corrected chi connectivity index (χ4v) is 6.06. The first kappa shape index (κ1) is 19.0. The third-order valence-electron chi connectivity index (χ3n) is 5.81. The average Bonchev–Trinajstić information content (AvgIpc) is 3.03. The van der Waals surface area contributed by atoms with Crippen molar-refractivity contribution in [3.8, 4) is 5.75 Å². The molecule has 1 N–H and O–H groups in total. The molecule has 1 aliphatic heterocycles. The van der Waals surface area contributed by atoms with E-state index in [4.69, 9.17) is 4.74 Å². The van der Waals surface area contributed by atoms with Gasteiger partial charge in [-0.2, -0.15) is 4.31 Å². The van der Waals surface area contributed by atoms with Crippen LogP contribution in [0.5, 0.6) is 5.75 Å². The van der Waals surface area contributed by atoms with Crippen molar-refractivity contribution in [1.29, 1.82) is 0 Å². The highest BCUT2D eigenvalue weighted by atomic mass is 32.2. The Labute approximate surface area is 166 Å². The Balaban J connectivity index is 1.56. The first-order valence-electron chi connectivity index (χ1n) is 9.64. The van der Waals surface area contributed by atoms with Gasteiger partial charge in [0.1, 0.15) is 5.75 Å². The molecule has 1 fully saturated rings. The number of aromatic amines is 1. The maximum Gasteiger partial charge on any atom is 0.243 e. The molecule has 3 aromatic rings. The summed E-state index contributed by atoms with van der Waals surface area (Å²) in [6.45, 7) is 5.01. The zero-order chi connectivity index (χ0) is 19.9. The molecule has 28 heavy (non-hydrogen) atoms. The lowest BCUT2D eigenvalue weighted by atomic mass is 9.88. The first-order chi connectivity index (χ1) is 13.4. The summed E-state index contributed by atoms with van der Waals surface area (Å²) >= 11 is 0. The molecule has 2 aromatic carbocycles. The van der Waals surface area contributed by atoms with Crippen LogP contribution in [-0.4, -0.2) is 37.9 Å². The van der Waals surface area contributed by atoms with Gasteiger partial charge in [0.2, 0.25) is 10.0 Å². The molecule has 1 aliphatic rings. The average molecular weight is 399 g/mol. The fraction of sp³-hybridized carbons (Fsp3) is 0.364. The molecular formula is C22H26N2O3S. The normalized spacial score (nSPS) is 16.5. The number of H-pyrrole nitrogens is 1. The molecule has 2 heterocycles. The van der Waals surface area contributed by atoms with Crippen LogP contribution in [0.2, 0.25) is 0 Å². The molecule has 0 saturated carbocycles. The van der Waals surface area contributed by atoms with Crippen LogP contribution in [0.1, 0.15) is 35.6 Å². The number of nitrogens with zero attached hydrogens (tertiary/aromatic N) is 1. The van der Waals surface area contributed by atoms with E-state index in [0.29, 0.717) is 35.2 Å². The van der Waals surface area contributed by atoms with Gasteiger partial charge in [0.15, 0.2) is 0 Å². The summed E-state index contributed by atoms with van der Waals surface area (Å²) in [5, 5.41) is 1.26. The van der Waals surface area contributed by atoms with Crippen molar-refractivity contribution >= 4 is 20.9 Å². The van der Waals surface area contributed by atoms with Gasteiger partial charge in [0.05, 0.1) is 12.0 Å². The largest absolute Gasteiger partial charge is 0.497 e. The minimum absolute atomic E-state index is 0.370. The number of piperidine rings is 1. The number of aromatic nitrogens is 1. The summed E-state index contributed by atoms with van der Waals surface area (Å²) in [6, 6.07) is 13.5. The monoisotopic (exact) mass is 398 g/mol. The van der Waals surface area contributed by atoms with E-state index in [2.05, 4.69) is 30.1 Å². The standard InChI is InChI=1S/C22H26N2O3S/c1-15-14-18(27-3)8-9-21(15)28(25,26)24-12-10-17(11-13-24)22-16(2)23-20-7-5-4-6-19(20)22/h4-9,14,17,23H,10-13H2,1-3H3. The van der Waals surface area contributed by atoms with Crippen molar-refractivity contribution in [2.24, 2.45) is 0 Å². The number of hydrogen-bond donors (Lipinski definition) is 1. The first-order valence-corrected chi connectivity index (χ1v) is 11.1. The Morgan fingerprint density at radius 3 is 2.46 bits per heavy atom. The molecule has 5 nitrogen and oxygen atoms in total. The van der Waals surface area contributed by atoms with Gasteiger partial charge < -0.3 is 9.72 Å². The van der Waals surface area contributed by atoms with Crippen molar-refractivity contribution in [3.05, 3.63) is 59.3 Å². The molecular weight excluding hydrogens is 372 g/mol. The summed E-state index contributed by atoms with van der Waals surface area (Å²) < 4.78 is 33.1. The quantitative estimate of drug-likeness (QED) is 0.710. The molecule has 0 spiro atoms. The maximum atomic E-state index is 13.2. The number of para-hydroxylation sites is 1. The molecule has 148 valence electrons. The number of rotatable bonds is 4. The van der Waals surface area contributed by atoms with Gasteiger partial charge in [-0.05, 0) is 68.0 Å². The van der Waals surface area contributed by atoms with Gasteiger partial charge in [-0.15, -0.1) is 0 Å². The van der Waals surface area contributed by atoms with Crippen LogP contribution in [0.15, 0.2) is 47.4 Å². The van der Waals surface area contributed by atoms with Crippen molar-refractivity contribution < 1.29 is 13.2 Å². The number of fused-ring (bicyclic) bond motifs is 1. The van der Waals surface area contributed by atoms with Gasteiger partial charge in [-0.25, -0.2) is 8.42 Å². The number of benzene rings is 2. The zero-order valence-corrected chi connectivity index (χ0v) is 17.3. The Morgan fingerprint density at radius 2 is 1.79 bits per heavy atom. The van der Waals surface area contributed by atoms with Gasteiger partial charge in [-0.1, -0.05) is 18.2 Å². The topological polar surface area (TPSA) is 62.4 Å². The summed E-state index contributed by atoms with van der Waals surface area (Å²) in [7, 11) is -1.91. The van der Waals surface area contributed by atoms with Crippen LogP contribution in [0, 0.1) is 13.8 Å². The summed E-state index contributed by atoms with van der Waals surface area (Å²) in [5.41, 5.74) is 4.40. The van der Waals surface area contributed by atoms with Crippen LogP contribution in [0.4, 0.5) is 0 Å². The van der Waals surface area contributed by atoms with Crippen molar-refractivity contribution in [2.75, 3.05) is 20.2 Å². The second kappa shape index (κ2) is 7.26. The molecule has 1 saturated heterocycles. The molecule has 0 unspecified atom stereocenters. The fourth-order valence-electron chi connectivity index (χ4n) is 4.39. The van der Waals surface area contributed by atoms with Crippen LogP contribution < -0.4 is 4.74 Å². The number of methoxy groups -OCH3 is 1. The van der Waals surface area contributed by atoms with E-state index >= 15 is 0 Å². The summed E-state index contributed by atoms with van der Waals surface area (Å²) in [4.78, 5) is 3.84. The van der Waals surface area contributed by atoms with E-state index in [1.807, 2.05) is 13.0 Å². The van der Waals surface area contributed by atoms with Gasteiger partial charge >= 0.3 is 0 Å². The third kappa shape index (κ3) is 3.20. The Morgan fingerprint density at radius 1 is 1.07 bits per heavy atom. The Bertz CT molecular complexity index is 1110. The van der Waals surface area contributed by atoms with Crippen LogP contribution in [0.3, 0.4) is 0 Å². The van der Waals surface area contributed by atoms with Crippen LogP contribution >= 0.6 is 0 Å². The highest BCUT2D eigenvalue weighted by Crippen LogP contribution is 2.37. The lowest BCUT2D eigenvalue weighted by Gasteiger charge is -2.32. The molecule has 4 rings (SSSR count). The number of hydrogen-bond acceptors (Lipinski definition) is 3. The van der Waals surface area contributed by atoms with Gasteiger partial charge in [0, 0.05) is 29.7 Å². The van der Waals surface area contributed by atoms with E-state index in [-0.39, 0.29) is 0 Å². The molecule has 0 atom stereocenters. The van der Waals surface area contributed by atoms with E-state index in [1.54, 1.807) is 29.6 Å². The van der Waals surface area contributed by atoms with Gasteiger partial charge in [0.25, 0.3) is 0 Å². The van der Waals surface area contributed by atoms with Crippen molar-refractivity contribution in [3.63, 3.8) is 0 Å². The van der Waals surface area contributed by atoms with Gasteiger partial charge in [-0.3, -0.25) is 0 Å². The predicted molar refractivity (Wildman–Crippen MR) is 112 cm³/mol. The van der Waals surface area contributed by atoms with E-state index in [0.717, 1.165) is 18.4 Å². The molecule has 1 aromatic heterocycles. The second-order valence-corrected chi connectivity index (χ2v) is 9.43.